The minimum atomic E-state index is -0.340. The monoisotopic (exact) mass is 292 g/mol. The van der Waals surface area contributed by atoms with Crippen LogP contribution in [-0.4, -0.2) is 46.8 Å². The molecule has 0 radical (unpaired) electrons. The first-order valence-corrected chi connectivity index (χ1v) is 8.69. The summed E-state index contributed by atoms with van der Waals surface area (Å²) < 4.78 is 0. The fourth-order valence-corrected chi connectivity index (χ4v) is 4.54. The average molecular weight is 292 g/mol. The van der Waals surface area contributed by atoms with Gasteiger partial charge in [0.05, 0.1) is 5.41 Å². The Hall–Kier alpha value is -1.06. The third-order valence-electron chi connectivity index (χ3n) is 5.67. The van der Waals surface area contributed by atoms with Crippen LogP contribution in [0.5, 0.6) is 0 Å². The zero-order chi connectivity index (χ0) is 15.0. The van der Waals surface area contributed by atoms with Crippen molar-refractivity contribution in [3.05, 3.63) is 0 Å². The van der Waals surface area contributed by atoms with Crippen LogP contribution >= 0.6 is 0 Å². The molecule has 1 aliphatic carbocycles. The molecule has 1 spiro atoms. The van der Waals surface area contributed by atoms with Crippen LogP contribution in [0, 0.1) is 5.41 Å². The predicted molar refractivity (Wildman–Crippen MR) is 81.7 cm³/mol. The standard InChI is InChI=1S/C17H28N2O2/c1-13(2)19-14(17(16(19)21)9-5-6-10-17)15(20)18-11-7-3-4-8-12-18/h13-14H,3-12H2,1-2H3. The highest BCUT2D eigenvalue weighted by atomic mass is 16.2. The second-order valence-electron chi connectivity index (χ2n) is 7.31. The molecular weight excluding hydrogens is 264 g/mol. The first kappa shape index (κ1) is 14.9. The van der Waals surface area contributed by atoms with Gasteiger partial charge in [0, 0.05) is 19.1 Å². The first-order chi connectivity index (χ1) is 10.1. The van der Waals surface area contributed by atoms with Gasteiger partial charge in [-0.3, -0.25) is 9.59 Å². The molecule has 3 aliphatic rings. The molecule has 1 unspecified atom stereocenters. The Bertz CT molecular complexity index is 419. The Kier molecular flexibility index (Phi) is 3.98. The number of likely N-dealkylation sites (tertiary alicyclic amines) is 2. The van der Waals surface area contributed by atoms with E-state index in [1.54, 1.807) is 0 Å². The molecule has 0 aromatic rings. The van der Waals surface area contributed by atoms with Crippen LogP contribution < -0.4 is 0 Å². The minimum absolute atomic E-state index is 0.129. The van der Waals surface area contributed by atoms with Gasteiger partial charge in [-0.15, -0.1) is 0 Å². The molecule has 1 saturated carbocycles. The summed E-state index contributed by atoms with van der Waals surface area (Å²) >= 11 is 0. The van der Waals surface area contributed by atoms with Crippen molar-refractivity contribution in [2.45, 2.75) is 77.3 Å². The van der Waals surface area contributed by atoms with Gasteiger partial charge < -0.3 is 9.80 Å². The molecule has 0 N–H and O–H groups in total. The summed E-state index contributed by atoms with van der Waals surface area (Å²) in [6.45, 7) is 5.82. The maximum Gasteiger partial charge on any atom is 0.246 e. The maximum atomic E-state index is 13.1. The van der Waals surface area contributed by atoms with E-state index in [2.05, 4.69) is 0 Å². The van der Waals surface area contributed by atoms with Crippen molar-refractivity contribution in [3.63, 3.8) is 0 Å². The van der Waals surface area contributed by atoms with Crippen LogP contribution in [0.1, 0.15) is 65.2 Å². The van der Waals surface area contributed by atoms with Crippen LogP contribution in [0.3, 0.4) is 0 Å². The molecule has 1 atom stereocenters. The Labute approximate surface area is 127 Å². The van der Waals surface area contributed by atoms with Crippen molar-refractivity contribution in [1.82, 2.24) is 9.80 Å². The normalized spacial score (nSPS) is 28.9. The Morgan fingerprint density at radius 1 is 1.05 bits per heavy atom. The summed E-state index contributed by atoms with van der Waals surface area (Å²) in [7, 11) is 0. The lowest BCUT2D eigenvalue weighted by Crippen LogP contribution is -2.74. The van der Waals surface area contributed by atoms with Gasteiger partial charge in [0.2, 0.25) is 11.8 Å². The van der Waals surface area contributed by atoms with Gasteiger partial charge in [0.1, 0.15) is 6.04 Å². The van der Waals surface area contributed by atoms with E-state index in [0.29, 0.717) is 0 Å². The van der Waals surface area contributed by atoms with E-state index in [4.69, 9.17) is 0 Å². The molecule has 0 aromatic heterocycles. The molecule has 3 rings (SSSR count). The quantitative estimate of drug-likeness (QED) is 0.734. The fourth-order valence-electron chi connectivity index (χ4n) is 4.54. The molecule has 3 fully saturated rings. The summed E-state index contributed by atoms with van der Waals surface area (Å²) in [5.41, 5.74) is -0.340. The molecule has 2 saturated heterocycles. The zero-order valence-electron chi connectivity index (χ0n) is 13.4. The molecule has 118 valence electrons. The average Bonchev–Trinajstić information content (AvgIpc) is 2.82. The van der Waals surface area contributed by atoms with Crippen LogP contribution in [0.2, 0.25) is 0 Å². The topological polar surface area (TPSA) is 40.6 Å². The van der Waals surface area contributed by atoms with E-state index in [1.165, 1.54) is 12.8 Å². The minimum Gasteiger partial charge on any atom is -0.341 e. The number of hydrogen-bond donors (Lipinski definition) is 0. The van der Waals surface area contributed by atoms with Crippen molar-refractivity contribution in [2.75, 3.05) is 13.1 Å². The molecule has 0 aromatic carbocycles. The smallest absolute Gasteiger partial charge is 0.246 e. The lowest BCUT2D eigenvalue weighted by Gasteiger charge is -2.56. The van der Waals surface area contributed by atoms with E-state index in [0.717, 1.165) is 51.6 Å². The van der Waals surface area contributed by atoms with Gasteiger partial charge >= 0.3 is 0 Å². The summed E-state index contributed by atoms with van der Waals surface area (Å²) in [6.07, 6.45) is 8.71. The van der Waals surface area contributed by atoms with E-state index in [-0.39, 0.29) is 29.3 Å². The second-order valence-corrected chi connectivity index (χ2v) is 7.31. The largest absolute Gasteiger partial charge is 0.341 e. The Morgan fingerprint density at radius 3 is 2.14 bits per heavy atom. The summed E-state index contributed by atoms with van der Waals surface area (Å²) in [5, 5.41) is 0. The Balaban J connectivity index is 1.82. The third-order valence-corrected chi connectivity index (χ3v) is 5.67. The molecule has 21 heavy (non-hydrogen) atoms. The Morgan fingerprint density at radius 2 is 1.62 bits per heavy atom. The lowest BCUT2D eigenvalue weighted by molar-refractivity contribution is -0.184. The van der Waals surface area contributed by atoms with Gasteiger partial charge in [-0.05, 0) is 39.5 Å². The van der Waals surface area contributed by atoms with Crippen molar-refractivity contribution in [1.29, 1.82) is 0 Å². The van der Waals surface area contributed by atoms with E-state index >= 15 is 0 Å². The molecule has 0 bridgehead atoms. The van der Waals surface area contributed by atoms with Crippen molar-refractivity contribution < 1.29 is 9.59 Å². The van der Waals surface area contributed by atoms with Gasteiger partial charge in [0.15, 0.2) is 0 Å². The number of nitrogens with zero attached hydrogens (tertiary/aromatic N) is 2. The maximum absolute atomic E-state index is 13.1. The molecular formula is C17H28N2O2. The number of rotatable bonds is 2. The van der Waals surface area contributed by atoms with Gasteiger partial charge in [-0.2, -0.15) is 0 Å². The predicted octanol–water partition coefficient (Wildman–Crippen LogP) is 2.57. The summed E-state index contributed by atoms with van der Waals surface area (Å²) in [4.78, 5) is 29.6. The van der Waals surface area contributed by atoms with E-state index < -0.39 is 0 Å². The van der Waals surface area contributed by atoms with Crippen LogP contribution in [0.4, 0.5) is 0 Å². The number of hydrogen-bond acceptors (Lipinski definition) is 2. The van der Waals surface area contributed by atoms with Crippen LogP contribution in [0.25, 0.3) is 0 Å². The van der Waals surface area contributed by atoms with E-state index in [9.17, 15) is 9.59 Å². The van der Waals surface area contributed by atoms with E-state index in [1.807, 2.05) is 23.6 Å². The fraction of sp³-hybridized carbons (Fsp3) is 0.882. The van der Waals surface area contributed by atoms with Gasteiger partial charge in [-0.1, -0.05) is 25.7 Å². The number of amides is 2. The SMILES string of the molecule is CC(C)N1C(=O)C2(CCCC2)C1C(=O)N1CCCCCC1. The second kappa shape index (κ2) is 5.62. The summed E-state index contributed by atoms with van der Waals surface area (Å²) in [5.74, 6) is 0.468. The molecule has 2 aliphatic heterocycles. The highest BCUT2D eigenvalue weighted by molar-refractivity contribution is 6.02. The first-order valence-electron chi connectivity index (χ1n) is 8.69. The number of β-lactam (4-membered cyclic amide) rings is 1. The molecule has 2 heterocycles. The highest BCUT2D eigenvalue weighted by Gasteiger charge is 2.65. The number of carbonyl (C=O) groups excluding carboxylic acids is 2. The summed E-state index contributed by atoms with van der Waals surface area (Å²) in [6, 6.07) is -0.0461. The van der Waals surface area contributed by atoms with Gasteiger partial charge in [0.25, 0.3) is 0 Å². The molecule has 4 nitrogen and oxygen atoms in total. The van der Waals surface area contributed by atoms with Crippen molar-refractivity contribution in [2.24, 2.45) is 5.41 Å². The zero-order valence-corrected chi connectivity index (χ0v) is 13.4. The van der Waals surface area contributed by atoms with Crippen LogP contribution in [-0.2, 0) is 9.59 Å². The van der Waals surface area contributed by atoms with Crippen molar-refractivity contribution in [3.8, 4) is 0 Å². The van der Waals surface area contributed by atoms with Crippen LogP contribution in [0.15, 0.2) is 0 Å². The third kappa shape index (κ3) is 2.27. The highest BCUT2D eigenvalue weighted by Crippen LogP contribution is 2.52. The molecule has 4 heteroatoms. The molecule has 2 amide bonds. The lowest BCUT2D eigenvalue weighted by atomic mass is 9.67. The van der Waals surface area contributed by atoms with Crippen molar-refractivity contribution >= 4 is 11.8 Å². The number of carbonyl (C=O) groups is 2. The van der Waals surface area contributed by atoms with Gasteiger partial charge in [-0.25, -0.2) is 0 Å².